The highest BCUT2D eigenvalue weighted by molar-refractivity contribution is 5.51. The summed E-state index contributed by atoms with van der Waals surface area (Å²) in [4.78, 5) is 0. The molecule has 0 amide bonds. The minimum Gasteiger partial charge on any atom is -0.398 e. The van der Waals surface area contributed by atoms with Gasteiger partial charge in [-0.05, 0) is 43.1 Å². The van der Waals surface area contributed by atoms with Gasteiger partial charge in [0.1, 0.15) is 0 Å². The van der Waals surface area contributed by atoms with E-state index in [9.17, 15) is 0 Å². The third kappa shape index (κ3) is 1.30. The second-order valence-electron chi connectivity index (χ2n) is 3.23. The average Bonchev–Trinajstić information content (AvgIpc) is 2.30. The van der Waals surface area contributed by atoms with Crippen LogP contribution in [0.2, 0.25) is 0 Å². The number of fused-ring (bicyclic) bond motifs is 1. The Kier molecular flexibility index (Phi) is 2.00. The number of hydrogen-bond donors (Lipinski definition) is 2. The van der Waals surface area contributed by atoms with Crippen LogP contribution in [-0.2, 0) is 12.8 Å². The molecule has 0 fully saturated rings. The first-order chi connectivity index (χ1) is 5.88. The van der Waals surface area contributed by atoms with Crippen LogP contribution < -0.4 is 11.1 Å². The summed E-state index contributed by atoms with van der Waals surface area (Å²) in [5, 5.41) is 3.37. The zero-order chi connectivity index (χ0) is 8.39. The Morgan fingerprint density at radius 1 is 1.17 bits per heavy atom. The quantitative estimate of drug-likeness (QED) is 0.557. The molecule has 2 nitrogen and oxygen atoms in total. The fourth-order valence-corrected chi connectivity index (χ4v) is 1.76. The number of nitrogens with two attached hydrogens (primary N) is 1. The van der Waals surface area contributed by atoms with Crippen LogP contribution in [0.5, 0.6) is 0 Å². The molecule has 1 heterocycles. The van der Waals surface area contributed by atoms with Crippen LogP contribution >= 0.6 is 0 Å². The van der Waals surface area contributed by atoms with Crippen LogP contribution in [-0.4, -0.2) is 13.1 Å². The van der Waals surface area contributed by atoms with Crippen molar-refractivity contribution < 1.29 is 0 Å². The monoisotopic (exact) mass is 162 g/mol. The van der Waals surface area contributed by atoms with E-state index >= 15 is 0 Å². The summed E-state index contributed by atoms with van der Waals surface area (Å²) in [5.41, 5.74) is 9.60. The summed E-state index contributed by atoms with van der Waals surface area (Å²) in [6.07, 6.45) is 2.18. The Balaban J connectivity index is 2.42. The molecule has 0 spiro atoms. The standard InChI is InChI=1S/C10H14N2/c11-10-3-1-2-8-4-6-12-7-5-9(8)10/h1-3,12H,4-7,11H2. The predicted octanol–water partition coefficient (Wildman–Crippen LogP) is 0.957. The van der Waals surface area contributed by atoms with Crippen LogP contribution in [0.3, 0.4) is 0 Å². The van der Waals surface area contributed by atoms with Gasteiger partial charge in [0.15, 0.2) is 0 Å². The summed E-state index contributed by atoms with van der Waals surface area (Å²) < 4.78 is 0. The molecule has 0 saturated carbocycles. The van der Waals surface area contributed by atoms with Gasteiger partial charge in [-0.2, -0.15) is 0 Å². The first-order valence-electron chi connectivity index (χ1n) is 4.45. The van der Waals surface area contributed by atoms with Gasteiger partial charge in [-0.15, -0.1) is 0 Å². The SMILES string of the molecule is Nc1cccc2c1CCNCC2. The van der Waals surface area contributed by atoms with E-state index in [1.807, 2.05) is 12.1 Å². The fraction of sp³-hybridized carbons (Fsp3) is 0.400. The lowest BCUT2D eigenvalue weighted by molar-refractivity contribution is 0.711. The predicted molar refractivity (Wildman–Crippen MR) is 51.1 cm³/mol. The molecule has 1 aromatic carbocycles. The average molecular weight is 162 g/mol. The second kappa shape index (κ2) is 3.15. The molecular weight excluding hydrogens is 148 g/mol. The normalized spacial score (nSPS) is 16.7. The van der Waals surface area contributed by atoms with Crippen LogP contribution in [0, 0.1) is 0 Å². The molecule has 0 aromatic heterocycles. The Bertz CT molecular complexity index is 281. The Morgan fingerprint density at radius 3 is 2.92 bits per heavy atom. The summed E-state index contributed by atoms with van der Waals surface area (Å²) in [7, 11) is 0. The van der Waals surface area contributed by atoms with Crippen molar-refractivity contribution >= 4 is 5.69 Å². The van der Waals surface area contributed by atoms with E-state index in [0.29, 0.717) is 0 Å². The zero-order valence-corrected chi connectivity index (χ0v) is 7.14. The molecule has 0 saturated heterocycles. The van der Waals surface area contributed by atoms with E-state index in [2.05, 4.69) is 11.4 Å². The number of nitrogens with one attached hydrogen (secondary N) is 1. The van der Waals surface area contributed by atoms with Crippen molar-refractivity contribution in [3.8, 4) is 0 Å². The van der Waals surface area contributed by atoms with Crippen molar-refractivity contribution in [3.05, 3.63) is 29.3 Å². The lowest BCUT2D eigenvalue weighted by Gasteiger charge is -2.06. The molecular formula is C10H14N2. The highest BCUT2D eigenvalue weighted by Crippen LogP contribution is 2.19. The summed E-state index contributed by atoms with van der Waals surface area (Å²) in [6.45, 7) is 2.14. The molecule has 2 rings (SSSR count). The number of nitrogen functional groups attached to an aromatic ring is 1. The van der Waals surface area contributed by atoms with Crippen LogP contribution in [0.25, 0.3) is 0 Å². The maximum Gasteiger partial charge on any atom is 0.0349 e. The van der Waals surface area contributed by atoms with E-state index in [1.54, 1.807) is 0 Å². The van der Waals surface area contributed by atoms with E-state index in [0.717, 1.165) is 31.6 Å². The maximum atomic E-state index is 5.88. The van der Waals surface area contributed by atoms with Gasteiger partial charge in [-0.1, -0.05) is 12.1 Å². The second-order valence-corrected chi connectivity index (χ2v) is 3.23. The van der Waals surface area contributed by atoms with Gasteiger partial charge >= 0.3 is 0 Å². The van der Waals surface area contributed by atoms with Crippen LogP contribution in [0.1, 0.15) is 11.1 Å². The first kappa shape index (κ1) is 7.62. The lowest BCUT2D eigenvalue weighted by atomic mass is 10.0. The highest BCUT2D eigenvalue weighted by atomic mass is 14.8. The van der Waals surface area contributed by atoms with Crippen molar-refractivity contribution in [1.82, 2.24) is 5.32 Å². The van der Waals surface area contributed by atoms with E-state index in [1.165, 1.54) is 11.1 Å². The largest absolute Gasteiger partial charge is 0.398 e. The van der Waals surface area contributed by atoms with Gasteiger partial charge in [-0.3, -0.25) is 0 Å². The summed E-state index contributed by atoms with van der Waals surface area (Å²) >= 11 is 0. The smallest absolute Gasteiger partial charge is 0.0349 e. The Labute approximate surface area is 72.8 Å². The minimum absolute atomic E-state index is 0.955. The first-order valence-corrected chi connectivity index (χ1v) is 4.45. The molecule has 1 aliphatic heterocycles. The van der Waals surface area contributed by atoms with Gasteiger partial charge in [0, 0.05) is 5.69 Å². The number of benzene rings is 1. The van der Waals surface area contributed by atoms with Crippen LogP contribution in [0.4, 0.5) is 5.69 Å². The zero-order valence-electron chi connectivity index (χ0n) is 7.14. The van der Waals surface area contributed by atoms with E-state index in [4.69, 9.17) is 5.73 Å². The van der Waals surface area contributed by atoms with Crippen molar-refractivity contribution in [2.45, 2.75) is 12.8 Å². The molecule has 0 atom stereocenters. The van der Waals surface area contributed by atoms with Gasteiger partial charge < -0.3 is 11.1 Å². The molecule has 0 aliphatic carbocycles. The topological polar surface area (TPSA) is 38.0 Å². The molecule has 3 N–H and O–H groups in total. The van der Waals surface area contributed by atoms with Crippen molar-refractivity contribution in [3.63, 3.8) is 0 Å². The Morgan fingerprint density at radius 2 is 2.00 bits per heavy atom. The van der Waals surface area contributed by atoms with Crippen molar-refractivity contribution in [2.75, 3.05) is 18.8 Å². The number of hydrogen-bond acceptors (Lipinski definition) is 2. The summed E-state index contributed by atoms with van der Waals surface area (Å²) in [5.74, 6) is 0. The molecule has 64 valence electrons. The Hall–Kier alpha value is -1.02. The van der Waals surface area contributed by atoms with Crippen molar-refractivity contribution in [2.24, 2.45) is 0 Å². The van der Waals surface area contributed by atoms with Gasteiger partial charge in [0.25, 0.3) is 0 Å². The maximum absolute atomic E-state index is 5.88. The molecule has 1 aromatic rings. The number of anilines is 1. The van der Waals surface area contributed by atoms with Gasteiger partial charge in [0.05, 0.1) is 0 Å². The third-order valence-electron chi connectivity index (χ3n) is 2.43. The molecule has 2 heteroatoms. The van der Waals surface area contributed by atoms with E-state index in [-0.39, 0.29) is 0 Å². The molecule has 12 heavy (non-hydrogen) atoms. The number of rotatable bonds is 0. The lowest BCUT2D eigenvalue weighted by Crippen LogP contribution is -2.16. The molecule has 0 radical (unpaired) electrons. The van der Waals surface area contributed by atoms with Crippen LogP contribution in [0.15, 0.2) is 18.2 Å². The fourth-order valence-electron chi connectivity index (χ4n) is 1.76. The molecule has 0 bridgehead atoms. The summed E-state index contributed by atoms with van der Waals surface area (Å²) in [6, 6.07) is 6.21. The third-order valence-corrected chi connectivity index (χ3v) is 2.43. The van der Waals surface area contributed by atoms with E-state index < -0.39 is 0 Å². The molecule has 1 aliphatic rings. The highest BCUT2D eigenvalue weighted by Gasteiger charge is 2.08. The van der Waals surface area contributed by atoms with Crippen molar-refractivity contribution in [1.29, 1.82) is 0 Å². The minimum atomic E-state index is 0.955. The van der Waals surface area contributed by atoms with Gasteiger partial charge in [-0.25, -0.2) is 0 Å². The molecule has 0 unspecified atom stereocenters. The van der Waals surface area contributed by atoms with Gasteiger partial charge in [0.2, 0.25) is 0 Å².